The van der Waals surface area contributed by atoms with Crippen LogP contribution < -0.4 is 15.2 Å². The normalized spacial score (nSPS) is 11.3. The number of benzene rings is 1. The van der Waals surface area contributed by atoms with Crippen LogP contribution in [-0.4, -0.2) is 20.5 Å². The SMILES string of the molecule is COc1ccc(NS(=O)(=O)c2cnc(C)s2)c(N)c1. The molecule has 0 bridgehead atoms. The first-order chi connectivity index (χ1) is 8.92. The van der Waals surface area contributed by atoms with Gasteiger partial charge in [0.15, 0.2) is 4.21 Å². The van der Waals surface area contributed by atoms with Gasteiger partial charge in [-0.2, -0.15) is 0 Å². The highest BCUT2D eigenvalue weighted by atomic mass is 32.2. The number of hydrogen-bond donors (Lipinski definition) is 2. The van der Waals surface area contributed by atoms with Crippen LogP contribution in [0.2, 0.25) is 0 Å². The molecule has 0 fully saturated rings. The smallest absolute Gasteiger partial charge is 0.273 e. The molecule has 2 rings (SSSR count). The minimum atomic E-state index is -3.65. The molecule has 0 aliphatic heterocycles. The van der Waals surface area contributed by atoms with Crippen LogP contribution in [0.1, 0.15) is 5.01 Å². The Balaban J connectivity index is 2.30. The molecule has 0 amide bonds. The molecule has 3 N–H and O–H groups in total. The Morgan fingerprint density at radius 1 is 1.42 bits per heavy atom. The van der Waals surface area contributed by atoms with E-state index in [2.05, 4.69) is 9.71 Å². The van der Waals surface area contributed by atoms with E-state index >= 15 is 0 Å². The van der Waals surface area contributed by atoms with E-state index in [9.17, 15) is 8.42 Å². The lowest BCUT2D eigenvalue weighted by Crippen LogP contribution is -2.12. The number of ether oxygens (including phenoxy) is 1. The van der Waals surface area contributed by atoms with Crippen molar-refractivity contribution in [3.05, 3.63) is 29.4 Å². The Bertz CT molecular complexity index is 695. The Morgan fingerprint density at radius 2 is 2.16 bits per heavy atom. The Hall–Kier alpha value is -1.80. The number of rotatable bonds is 4. The maximum absolute atomic E-state index is 12.1. The van der Waals surface area contributed by atoms with Gasteiger partial charge in [-0.1, -0.05) is 0 Å². The lowest BCUT2D eigenvalue weighted by molar-refractivity contribution is 0.415. The second kappa shape index (κ2) is 5.06. The first-order valence-electron chi connectivity index (χ1n) is 5.31. The van der Waals surface area contributed by atoms with Crippen molar-refractivity contribution in [1.29, 1.82) is 0 Å². The maximum Gasteiger partial charge on any atom is 0.273 e. The van der Waals surface area contributed by atoms with Gasteiger partial charge in [-0.05, 0) is 19.1 Å². The molecule has 0 unspecified atom stereocenters. The summed E-state index contributed by atoms with van der Waals surface area (Å²) < 4.78 is 31.8. The molecule has 0 saturated heterocycles. The average Bonchev–Trinajstić information content (AvgIpc) is 2.79. The number of methoxy groups -OCH3 is 1. The molecule has 0 aliphatic rings. The summed E-state index contributed by atoms with van der Waals surface area (Å²) in [5.74, 6) is 0.564. The summed E-state index contributed by atoms with van der Waals surface area (Å²) >= 11 is 1.10. The Labute approximate surface area is 115 Å². The van der Waals surface area contributed by atoms with Crippen molar-refractivity contribution in [2.24, 2.45) is 0 Å². The molecule has 1 heterocycles. The molecule has 1 aromatic carbocycles. The molecule has 0 radical (unpaired) electrons. The van der Waals surface area contributed by atoms with Crippen LogP contribution in [0.3, 0.4) is 0 Å². The van der Waals surface area contributed by atoms with Gasteiger partial charge in [0.05, 0.1) is 29.7 Å². The zero-order chi connectivity index (χ0) is 14.0. The van der Waals surface area contributed by atoms with E-state index in [0.29, 0.717) is 22.1 Å². The Morgan fingerprint density at radius 3 is 2.68 bits per heavy atom. The number of nitrogens with one attached hydrogen (secondary N) is 1. The van der Waals surface area contributed by atoms with Crippen molar-refractivity contribution in [1.82, 2.24) is 4.98 Å². The average molecular weight is 299 g/mol. The van der Waals surface area contributed by atoms with Crippen LogP contribution in [-0.2, 0) is 10.0 Å². The summed E-state index contributed by atoms with van der Waals surface area (Å²) in [5.41, 5.74) is 6.38. The fourth-order valence-electron chi connectivity index (χ4n) is 1.42. The van der Waals surface area contributed by atoms with Crippen LogP contribution >= 0.6 is 11.3 Å². The summed E-state index contributed by atoms with van der Waals surface area (Å²) in [6.07, 6.45) is 1.32. The summed E-state index contributed by atoms with van der Waals surface area (Å²) in [6.45, 7) is 1.74. The largest absolute Gasteiger partial charge is 0.497 e. The molecule has 19 heavy (non-hydrogen) atoms. The first-order valence-corrected chi connectivity index (χ1v) is 7.61. The molecule has 0 saturated carbocycles. The third-order valence-electron chi connectivity index (χ3n) is 2.37. The van der Waals surface area contributed by atoms with E-state index in [-0.39, 0.29) is 4.21 Å². The lowest BCUT2D eigenvalue weighted by Gasteiger charge is -2.10. The monoisotopic (exact) mass is 299 g/mol. The van der Waals surface area contributed by atoms with Gasteiger partial charge in [-0.3, -0.25) is 4.72 Å². The lowest BCUT2D eigenvalue weighted by atomic mass is 10.2. The van der Waals surface area contributed by atoms with Crippen molar-refractivity contribution in [2.45, 2.75) is 11.1 Å². The first kappa shape index (κ1) is 13.6. The van der Waals surface area contributed by atoms with E-state index < -0.39 is 10.0 Å². The van der Waals surface area contributed by atoms with E-state index in [4.69, 9.17) is 10.5 Å². The number of nitrogen functional groups attached to an aromatic ring is 1. The highest BCUT2D eigenvalue weighted by Gasteiger charge is 2.18. The quantitative estimate of drug-likeness (QED) is 0.840. The highest BCUT2D eigenvalue weighted by molar-refractivity contribution is 7.94. The van der Waals surface area contributed by atoms with Crippen LogP contribution in [0, 0.1) is 6.92 Å². The van der Waals surface area contributed by atoms with E-state index in [0.717, 1.165) is 11.3 Å². The van der Waals surface area contributed by atoms with Gasteiger partial charge >= 0.3 is 0 Å². The number of nitrogens with two attached hydrogens (primary N) is 1. The topological polar surface area (TPSA) is 94.3 Å². The third kappa shape index (κ3) is 2.96. The molecule has 2 aromatic rings. The van der Waals surface area contributed by atoms with Crippen molar-refractivity contribution >= 4 is 32.7 Å². The van der Waals surface area contributed by atoms with Crippen LogP contribution in [0.4, 0.5) is 11.4 Å². The second-order valence-electron chi connectivity index (χ2n) is 3.76. The maximum atomic E-state index is 12.1. The highest BCUT2D eigenvalue weighted by Crippen LogP contribution is 2.27. The number of hydrogen-bond acceptors (Lipinski definition) is 6. The molecule has 1 aromatic heterocycles. The minimum absolute atomic E-state index is 0.153. The molecule has 6 nitrogen and oxygen atoms in total. The number of thiazole rings is 1. The van der Waals surface area contributed by atoms with Crippen molar-refractivity contribution < 1.29 is 13.2 Å². The molecule has 8 heteroatoms. The Kier molecular flexibility index (Phi) is 3.63. The molecule has 0 aliphatic carbocycles. The van der Waals surface area contributed by atoms with E-state index in [1.807, 2.05) is 0 Å². The van der Waals surface area contributed by atoms with Gasteiger partial charge < -0.3 is 10.5 Å². The predicted molar refractivity (Wildman–Crippen MR) is 75.1 cm³/mol. The summed E-state index contributed by atoms with van der Waals surface area (Å²) in [5, 5.41) is 0.683. The number of nitrogens with zero attached hydrogens (tertiary/aromatic N) is 1. The fraction of sp³-hybridized carbons (Fsp3) is 0.182. The fourth-order valence-corrected chi connectivity index (χ4v) is 3.62. The van der Waals surface area contributed by atoms with Gasteiger partial charge in [0.1, 0.15) is 5.75 Å². The molecular weight excluding hydrogens is 286 g/mol. The zero-order valence-electron chi connectivity index (χ0n) is 10.4. The molecule has 0 spiro atoms. The molecular formula is C11H13N3O3S2. The van der Waals surface area contributed by atoms with Crippen LogP contribution in [0.15, 0.2) is 28.6 Å². The predicted octanol–water partition coefficient (Wildman–Crippen LogP) is 1.84. The van der Waals surface area contributed by atoms with Gasteiger partial charge in [-0.15, -0.1) is 11.3 Å². The summed E-state index contributed by atoms with van der Waals surface area (Å²) in [6, 6.07) is 4.74. The zero-order valence-corrected chi connectivity index (χ0v) is 12.0. The number of sulfonamides is 1. The van der Waals surface area contributed by atoms with Crippen LogP contribution in [0.5, 0.6) is 5.75 Å². The second-order valence-corrected chi connectivity index (χ2v) is 6.90. The molecule has 0 atom stereocenters. The number of aryl methyl sites for hydroxylation is 1. The van der Waals surface area contributed by atoms with Gasteiger partial charge in [0.2, 0.25) is 0 Å². The number of aromatic nitrogens is 1. The van der Waals surface area contributed by atoms with Crippen molar-refractivity contribution in [3.63, 3.8) is 0 Å². The number of anilines is 2. The van der Waals surface area contributed by atoms with Crippen LogP contribution in [0.25, 0.3) is 0 Å². The van der Waals surface area contributed by atoms with E-state index in [1.54, 1.807) is 25.1 Å². The van der Waals surface area contributed by atoms with Gasteiger partial charge in [0.25, 0.3) is 10.0 Å². The standard InChI is InChI=1S/C11H13N3O3S2/c1-7-13-6-11(18-7)19(15,16)14-10-4-3-8(17-2)5-9(10)12/h3-6,14H,12H2,1-2H3. The van der Waals surface area contributed by atoms with Crippen molar-refractivity contribution in [3.8, 4) is 5.75 Å². The van der Waals surface area contributed by atoms with E-state index in [1.165, 1.54) is 13.3 Å². The minimum Gasteiger partial charge on any atom is -0.497 e. The molecule has 102 valence electrons. The van der Waals surface area contributed by atoms with Gasteiger partial charge in [0, 0.05) is 6.07 Å². The van der Waals surface area contributed by atoms with Gasteiger partial charge in [-0.25, -0.2) is 13.4 Å². The summed E-state index contributed by atoms with van der Waals surface area (Å²) in [7, 11) is -2.14. The third-order valence-corrected chi connectivity index (χ3v) is 5.11. The summed E-state index contributed by atoms with van der Waals surface area (Å²) in [4.78, 5) is 3.92. The van der Waals surface area contributed by atoms with Crippen molar-refractivity contribution in [2.75, 3.05) is 17.6 Å².